The van der Waals surface area contributed by atoms with Crippen molar-refractivity contribution in [2.45, 2.75) is 206 Å². The number of rotatable bonds is 40. The molecule has 0 aliphatic carbocycles. The van der Waals surface area contributed by atoms with Crippen molar-refractivity contribution in [1.82, 2.24) is 0 Å². The van der Waals surface area contributed by atoms with E-state index in [2.05, 4.69) is 38.2 Å². The lowest BCUT2D eigenvalue weighted by atomic mass is 10.0. The fourth-order valence-electron chi connectivity index (χ4n) is 5.90. The van der Waals surface area contributed by atoms with E-state index in [1.54, 1.807) is 0 Å². The van der Waals surface area contributed by atoms with Crippen molar-refractivity contribution in [1.29, 1.82) is 0 Å². The minimum atomic E-state index is -4.36. The number of allylic oxidation sites excluding steroid dienone is 4. The fraction of sp³-hybridized carbons (Fsp3) is 0.857. The van der Waals surface area contributed by atoms with Gasteiger partial charge in [0.15, 0.2) is 6.10 Å². The molecule has 0 rings (SSSR count). The van der Waals surface area contributed by atoms with Gasteiger partial charge in [0.05, 0.1) is 13.2 Å². The highest BCUT2D eigenvalue weighted by atomic mass is 31.2. The van der Waals surface area contributed by atoms with Gasteiger partial charge in [0.2, 0.25) is 0 Å². The molecule has 0 radical (unpaired) electrons. The second kappa shape index (κ2) is 39.2. The van der Waals surface area contributed by atoms with Crippen LogP contribution in [0.15, 0.2) is 24.3 Å². The molecule has 0 aromatic heterocycles. The monoisotopic (exact) mass is 758 g/mol. The Balaban J connectivity index is 3.92. The Hall–Kier alpha value is -1.51. The SMILES string of the molecule is CCCCCCC/C=C\C/C=C\CCCCCCCCCCCCCCCC(=O)OC(COC(=O)CCCCCCCC)COP(=O)(O)OCCN. The van der Waals surface area contributed by atoms with Crippen LogP contribution < -0.4 is 5.73 Å². The molecule has 2 atom stereocenters. The Morgan fingerprint density at radius 2 is 1.00 bits per heavy atom. The second-order valence-electron chi connectivity index (χ2n) is 14.2. The number of unbranched alkanes of at least 4 members (excludes halogenated alkanes) is 23. The summed E-state index contributed by atoms with van der Waals surface area (Å²) < 4.78 is 32.6. The van der Waals surface area contributed by atoms with Crippen molar-refractivity contribution < 1.29 is 37.6 Å². The van der Waals surface area contributed by atoms with Crippen LogP contribution in [0.4, 0.5) is 0 Å². The van der Waals surface area contributed by atoms with Crippen LogP contribution in [0.1, 0.15) is 200 Å². The van der Waals surface area contributed by atoms with Crippen molar-refractivity contribution in [3.63, 3.8) is 0 Å². The van der Waals surface area contributed by atoms with Gasteiger partial charge in [-0.2, -0.15) is 0 Å². The first kappa shape index (κ1) is 50.5. The minimum Gasteiger partial charge on any atom is -0.462 e. The van der Waals surface area contributed by atoms with Crippen LogP contribution in [0.25, 0.3) is 0 Å². The smallest absolute Gasteiger partial charge is 0.462 e. The standard InChI is InChI=1S/C42H80NO8P/c1-3-5-7-9-11-12-13-14-15-16-17-18-19-20-21-22-23-24-25-26-27-28-29-31-33-35-42(45)51-40(39-50-52(46,47)49-37-36-43)38-48-41(44)34-32-30-10-8-6-4-2/h13-14,16-17,40H,3-12,15,18-39,43H2,1-2H3,(H,46,47)/b14-13-,17-16-. The molecule has 0 amide bonds. The van der Waals surface area contributed by atoms with Crippen LogP contribution in [-0.4, -0.2) is 49.3 Å². The lowest BCUT2D eigenvalue weighted by molar-refractivity contribution is -0.161. The van der Waals surface area contributed by atoms with E-state index in [9.17, 15) is 19.0 Å². The number of ether oxygens (including phenoxy) is 2. The Bertz CT molecular complexity index is 912. The highest BCUT2D eigenvalue weighted by Crippen LogP contribution is 2.43. The largest absolute Gasteiger partial charge is 0.472 e. The van der Waals surface area contributed by atoms with E-state index in [4.69, 9.17) is 24.3 Å². The van der Waals surface area contributed by atoms with E-state index in [-0.39, 0.29) is 38.6 Å². The third-order valence-corrected chi connectivity index (χ3v) is 10.1. The maximum absolute atomic E-state index is 12.5. The average molecular weight is 758 g/mol. The van der Waals surface area contributed by atoms with Gasteiger partial charge < -0.3 is 20.1 Å². The number of carbonyl (C=O) groups excluding carboxylic acids is 2. The first-order chi connectivity index (χ1) is 25.3. The van der Waals surface area contributed by atoms with Crippen LogP contribution in [0.5, 0.6) is 0 Å². The summed E-state index contributed by atoms with van der Waals surface area (Å²) in [4.78, 5) is 34.5. The summed E-state index contributed by atoms with van der Waals surface area (Å²) in [7, 11) is -4.36. The van der Waals surface area contributed by atoms with E-state index in [1.807, 2.05) is 0 Å². The quantitative estimate of drug-likeness (QED) is 0.0271. The lowest BCUT2D eigenvalue weighted by Gasteiger charge is -2.19. The van der Waals surface area contributed by atoms with Crippen LogP contribution in [-0.2, 0) is 32.7 Å². The molecule has 0 saturated heterocycles. The third-order valence-electron chi connectivity index (χ3n) is 9.09. The molecule has 0 aliphatic rings. The Morgan fingerprint density at radius 1 is 0.577 bits per heavy atom. The molecule has 0 spiro atoms. The summed E-state index contributed by atoms with van der Waals surface area (Å²) in [6, 6.07) is 0. The van der Waals surface area contributed by atoms with E-state index in [0.29, 0.717) is 6.42 Å². The molecule has 0 bridgehead atoms. The molecule has 0 aromatic rings. The van der Waals surface area contributed by atoms with Crippen LogP contribution in [0.3, 0.4) is 0 Å². The van der Waals surface area contributed by atoms with Crippen molar-refractivity contribution in [2.24, 2.45) is 5.73 Å². The van der Waals surface area contributed by atoms with Crippen molar-refractivity contribution in [3.05, 3.63) is 24.3 Å². The molecule has 3 N–H and O–H groups in total. The van der Waals surface area contributed by atoms with Gasteiger partial charge in [0, 0.05) is 19.4 Å². The fourth-order valence-corrected chi connectivity index (χ4v) is 6.67. The van der Waals surface area contributed by atoms with Gasteiger partial charge in [0.1, 0.15) is 6.61 Å². The lowest BCUT2D eigenvalue weighted by Crippen LogP contribution is -2.29. The molecule has 0 saturated carbocycles. The summed E-state index contributed by atoms with van der Waals surface area (Å²) in [6.45, 7) is 3.66. The Morgan fingerprint density at radius 3 is 1.46 bits per heavy atom. The van der Waals surface area contributed by atoms with Crippen molar-refractivity contribution >= 4 is 19.8 Å². The summed E-state index contributed by atoms with van der Waals surface area (Å²) in [5, 5.41) is 0. The van der Waals surface area contributed by atoms with E-state index in [0.717, 1.165) is 51.4 Å². The van der Waals surface area contributed by atoms with Gasteiger partial charge in [0.25, 0.3) is 0 Å². The van der Waals surface area contributed by atoms with Gasteiger partial charge in [-0.15, -0.1) is 0 Å². The molecule has 0 aliphatic heterocycles. The van der Waals surface area contributed by atoms with E-state index < -0.39 is 26.5 Å². The topological polar surface area (TPSA) is 134 Å². The minimum absolute atomic E-state index is 0.0548. The van der Waals surface area contributed by atoms with Gasteiger partial charge in [-0.1, -0.05) is 167 Å². The zero-order chi connectivity index (χ0) is 38.2. The second-order valence-corrected chi connectivity index (χ2v) is 15.7. The maximum atomic E-state index is 12.5. The molecule has 52 heavy (non-hydrogen) atoms. The average Bonchev–Trinajstić information content (AvgIpc) is 3.13. The first-order valence-corrected chi connectivity index (χ1v) is 22.8. The predicted molar refractivity (Wildman–Crippen MR) is 215 cm³/mol. The van der Waals surface area contributed by atoms with E-state index >= 15 is 0 Å². The molecule has 10 heteroatoms. The molecular weight excluding hydrogens is 677 g/mol. The molecule has 306 valence electrons. The van der Waals surface area contributed by atoms with Gasteiger partial charge in [-0.25, -0.2) is 4.57 Å². The molecule has 2 unspecified atom stereocenters. The molecule has 0 aromatic carbocycles. The molecule has 9 nitrogen and oxygen atoms in total. The van der Waals surface area contributed by atoms with Gasteiger partial charge >= 0.3 is 19.8 Å². The van der Waals surface area contributed by atoms with Gasteiger partial charge in [-0.05, 0) is 44.9 Å². The molecule has 0 heterocycles. The zero-order valence-electron chi connectivity index (χ0n) is 33.6. The summed E-state index contributed by atoms with van der Waals surface area (Å²) >= 11 is 0. The third kappa shape index (κ3) is 38.2. The summed E-state index contributed by atoms with van der Waals surface area (Å²) in [5.41, 5.74) is 5.32. The number of phosphoric acid groups is 1. The van der Waals surface area contributed by atoms with E-state index in [1.165, 1.54) is 116 Å². The number of hydrogen-bond donors (Lipinski definition) is 2. The predicted octanol–water partition coefficient (Wildman–Crippen LogP) is 12.0. The number of hydrogen-bond acceptors (Lipinski definition) is 8. The number of esters is 2. The highest BCUT2D eigenvalue weighted by Gasteiger charge is 2.26. The number of nitrogens with two attached hydrogens (primary N) is 1. The number of carbonyl (C=O) groups is 2. The summed E-state index contributed by atoms with van der Waals surface area (Å²) in [6.07, 6.45) is 41.1. The van der Waals surface area contributed by atoms with Gasteiger partial charge in [-0.3, -0.25) is 18.6 Å². The van der Waals surface area contributed by atoms with Crippen molar-refractivity contribution in [3.8, 4) is 0 Å². The first-order valence-electron chi connectivity index (χ1n) is 21.3. The highest BCUT2D eigenvalue weighted by molar-refractivity contribution is 7.47. The number of phosphoric ester groups is 1. The van der Waals surface area contributed by atoms with Crippen LogP contribution >= 0.6 is 7.82 Å². The Kier molecular flexibility index (Phi) is 38.1. The maximum Gasteiger partial charge on any atom is 0.472 e. The van der Waals surface area contributed by atoms with Crippen LogP contribution in [0.2, 0.25) is 0 Å². The molecular formula is C42H80NO8P. The Labute approximate surface area is 319 Å². The normalized spacial score (nSPS) is 13.5. The van der Waals surface area contributed by atoms with Crippen LogP contribution in [0, 0.1) is 0 Å². The molecule has 0 fully saturated rings. The summed E-state index contributed by atoms with van der Waals surface area (Å²) in [5.74, 6) is -0.835. The zero-order valence-corrected chi connectivity index (χ0v) is 34.4. The van der Waals surface area contributed by atoms with Crippen molar-refractivity contribution in [2.75, 3.05) is 26.4 Å².